The molecule has 0 unspecified atom stereocenters. The number of fused-ring (bicyclic) bond motifs is 1. The van der Waals surface area contributed by atoms with Gasteiger partial charge in [-0.3, -0.25) is 0 Å². The Kier molecular flexibility index (Phi) is 8.08. The Morgan fingerprint density at radius 3 is 2.27 bits per heavy atom. The largest absolute Gasteiger partial charge is 0.504 e. The second kappa shape index (κ2) is 10.7. The minimum Gasteiger partial charge on any atom is -0.504 e. The third-order valence-electron chi connectivity index (χ3n) is 4.00. The van der Waals surface area contributed by atoms with Gasteiger partial charge >= 0.3 is 5.97 Å². The summed E-state index contributed by atoms with van der Waals surface area (Å²) in [4.78, 5) is 9.59. The molecule has 4 heteroatoms. The number of aliphatic carboxylic acids is 1. The number of hydrogen-bond acceptors (Lipinski definition) is 3. The van der Waals surface area contributed by atoms with Crippen LogP contribution in [0.15, 0.2) is 79.1 Å². The molecule has 0 aliphatic heterocycles. The number of carboxylic acid groups (broad SMARTS) is 1. The molecule has 154 valence electrons. The summed E-state index contributed by atoms with van der Waals surface area (Å²) in [5, 5.41) is 10.3. The van der Waals surface area contributed by atoms with Crippen molar-refractivity contribution >= 4 is 16.7 Å². The standard InChI is InChI=1S/C22H20O.C4H6O3/c1-17-8-12-21(13-9-17)23-22(2,3)15-14-18-10-11-19-6-4-5-7-20(19)16-18;1-7-3-2-4(5)6/h4-13,16H,1-3H3;2-3H,1H3,(H,5,6). The van der Waals surface area contributed by atoms with Gasteiger partial charge in [0, 0.05) is 5.56 Å². The van der Waals surface area contributed by atoms with Crippen molar-refractivity contribution in [3.63, 3.8) is 0 Å². The number of ether oxygens (including phenoxy) is 2. The number of benzene rings is 3. The maximum atomic E-state index is 9.59. The third-order valence-corrected chi connectivity index (χ3v) is 4.00. The van der Waals surface area contributed by atoms with Crippen molar-refractivity contribution in [2.24, 2.45) is 0 Å². The van der Waals surface area contributed by atoms with E-state index in [-0.39, 0.29) is 0 Å². The molecular formula is C26H26O4. The van der Waals surface area contributed by atoms with Crippen molar-refractivity contribution in [2.75, 3.05) is 7.11 Å². The lowest BCUT2D eigenvalue weighted by molar-refractivity contribution is -0.131. The highest BCUT2D eigenvalue weighted by molar-refractivity contribution is 5.83. The molecule has 0 radical (unpaired) electrons. The second-order valence-corrected chi connectivity index (χ2v) is 7.11. The van der Waals surface area contributed by atoms with Crippen LogP contribution < -0.4 is 4.74 Å². The summed E-state index contributed by atoms with van der Waals surface area (Å²) in [6, 6.07) is 22.6. The molecule has 0 bridgehead atoms. The normalized spacial score (nSPS) is 10.5. The van der Waals surface area contributed by atoms with Gasteiger partial charge in [-0.25, -0.2) is 4.79 Å². The van der Waals surface area contributed by atoms with Crippen molar-refractivity contribution in [3.05, 3.63) is 90.2 Å². The molecule has 3 rings (SSSR count). The van der Waals surface area contributed by atoms with E-state index in [9.17, 15) is 4.79 Å². The lowest BCUT2D eigenvalue weighted by atomic mass is 10.1. The van der Waals surface area contributed by atoms with Crippen molar-refractivity contribution < 1.29 is 19.4 Å². The van der Waals surface area contributed by atoms with E-state index in [2.05, 4.69) is 53.8 Å². The summed E-state index contributed by atoms with van der Waals surface area (Å²) in [5.41, 5.74) is 1.68. The molecule has 0 aromatic heterocycles. The average molecular weight is 402 g/mol. The van der Waals surface area contributed by atoms with Gasteiger partial charge in [-0.1, -0.05) is 59.9 Å². The van der Waals surface area contributed by atoms with Gasteiger partial charge in [0.15, 0.2) is 5.60 Å². The molecule has 0 saturated carbocycles. The second-order valence-electron chi connectivity index (χ2n) is 7.11. The predicted octanol–water partition coefficient (Wildman–Crippen LogP) is 5.59. The topological polar surface area (TPSA) is 55.8 Å². The number of carbonyl (C=O) groups is 1. The SMILES string of the molecule is COC=CC(=O)O.Cc1ccc(OC(C)(C)C#Cc2ccc3ccccc3c2)cc1. The Morgan fingerprint density at radius 1 is 1.00 bits per heavy atom. The Balaban J connectivity index is 0.000000396. The molecule has 30 heavy (non-hydrogen) atoms. The van der Waals surface area contributed by atoms with Crippen LogP contribution in [0.4, 0.5) is 0 Å². The smallest absolute Gasteiger partial charge is 0.331 e. The molecule has 0 amide bonds. The minimum absolute atomic E-state index is 0.541. The summed E-state index contributed by atoms with van der Waals surface area (Å²) in [7, 11) is 1.39. The van der Waals surface area contributed by atoms with E-state index in [4.69, 9.17) is 9.84 Å². The molecule has 4 nitrogen and oxygen atoms in total. The third kappa shape index (κ3) is 7.73. The highest BCUT2D eigenvalue weighted by atomic mass is 16.5. The van der Waals surface area contributed by atoms with Gasteiger partial charge in [-0.05, 0) is 55.8 Å². The maximum Gasteiger partial charge on any atom is 0.331 e. The van der Waals surface area contributed by atoms with Crippen LogP contribution >= 0.6 is 0 Å². The predicted molar refractivity (Wildman–Crippen MR) is 120 cm³/mol. The first-order valence-electron chi connectivity index (χ1n) is 9.49. The van der Waals surface area contributed by atoms with Crippen molar-refractivity contribution in [2.45, 2.75) is 26.4 Å². The summed E-state index contributed by atoms with van der Waals surface area (Å²) < 4.78 is 10.3. The zero-order valence-electron chi connectivity index (χ0n) is 17.7. The van der Waals surface area contributed by atoms with Crippen LogP contribution in [0, 0.1) is 18.8 Å². The molecule has 0 fully saturated rings. The minimum atomic E-state index is -0.998. The van der Waals surface area contributed by atoms with Gasteiger partial charge in [0.1, 0.15) is 5.75 Å². The lowest BCUT2D eigenvalue weighted by Gasteiger charge is -2.20. The number of carboxylic acids is 1. The molecule has 3 aromatic carbocycles. The monoisotopic (exact) mass is 402 g/mol. The van der Waals surface area contributed by atoms with Crippen LogP contribution in [-0.4, -0.2) is 23.8 Å². The van der Waals surface area contributed by atoms with Crippen LogP contribution in [0.5, 0.6) is 5.75 Å². The van der Waals surface area contributed by atoms with E-state index >= 15 is 0 Å². The van der Waals surface area contributed by atoms with E-state index in [1.165, 1.54) is 23.4 Å². The Labute approximate surface area is 177 Å². The first-order valence-corrected chi connectivity index (χ1v) is 9.49. The summed E-state index contributed by atoms with van der Waals surface area (Å²) in [6.45, 7) is 6.04. The lowest BCUT2D eigenvalue weighted by Crippen LogP contribution is -2.25. The van der Waals surface area contributed by atoms with Crippen LogP contribution in [0.1, 0.15) is 25.0 Å². The van der Waals surface area contributed by atoms with E-state index in [1.807, 2.05) is 50.2 Å². The molecule has 1 N–H and O–H groups in total. The van der Waals surface area contributed by atoms with Gasteiger partial charge in [0.25, 0.3) is 0 Å². The van der Waals surface area contributed by atoms with Crippen molar-refractivity contribution in [1.29, 1.82) is 0 Å². The van der Waals surface area contributed by atoms with E-state index in [0.29, 0.717) is 0 Å². The van der Waals surface area contributed by atoms with E-state index in [1.54, 1.807) is 0 Å². The van der Waals surface area contributed by atoms with E-state index in [0.717, 1.165) is 23.7 Å². The van der Waals surface area contributed by atoms with Crippen LogP contribution in [-0.2, 0) is 9.53 Å². The summed E-state index contributed by atoms with van der Waals surface area (Å²) >= 11 is 0. The van der Waals surface area contributed by atoms with E-state index < -0.39 is 11.6 Å². The summed E-state index contributed by atoms with van der Waals surface area (Å²) in [5.74, 6) is 6.31. The maximum absolute atomic E-state index is 9.59. The van der Waals surface area contributed by atoms with Gasteiger partial charge in [0.2, 0.25) is 0 Å². The fourth-order valence-corrected chi connectivity index (χ4v) is 2.54. The molecule has 0 heterocycles. The van der Waals surface area contributed by atoms with Gasteiger partial charge in [0.05, 0.1) is 19.4 Å². The molecule has 0 saturated heterocycles. The number of aryl methyl sites for hydroxylation is 1. The molecule has 0 aliphatic carbocycles. The molecule has 0 aliphatic rings. The summed E-state index contributed by atoms with van der Waals surface area (Å²) in [6.07, 6.45) is 2.02. The van der Waals surface area contributed by atoms with Crippen molar-refractivity contribution in [1.82, 2.24) is 0 Å². The van der Waals surface area contributed by atoms with Gasteiger partial charge < -0.3 is 14.6 Å². The van der Waals surface area contributed by atoms with Crippen molar-refractivity contribution in [3.8, 4) is 17.6 Å². The zero-order chi connectivity index (χ0) is 22.0. The Morgan fingerprint density at radius 2 is 1.67 bits per heavy atom. The van der Waals surface area contributed by atoms with Gasteiger partial charge in [-0.15, -0.1) is 0 Å². The first-order chi connectivity index (χ1) is 14.3. The Bertz CT molecular complexity index is 1070. The van der Waals surface area contributed by atoms with Gasteiger partial charge in [-0.2, -0.15) is 0 Å². The number of methoxy groups -OCH3 is 1. The van der Waals surface area contributed by atoms with Crippen LogP contribution in [0.25, 0.3) is 10.8 Å². The first kappa shape index (κ1) is 22.6. The highest BCUT2D eigenvalue weighted by Gasteiger charge is 2.16. The number of hydrogen-bond donors (Lipinski definition) is 1. The molecular weight excluding hydrogens is 376 g/mol. The highest BCUT2D eigenvalue weighted by Crippen LogP contribution is 2.19. The molecule has 0 spiro atoms. The molecule has 0 atom stereocenters. The zero-order valence-corrected chi connectivity index (χ0v) is 17.7. The average Bonchev–Trinajstić information content (AvgIpc) is 2.72. The fourth-order valence-electron chi connectivity index (χ4n) is 2.54. The van der Waals surface area contributed by atoms with Crippen LogP contribution in [0.2, 0.25) is 0 Å². The fraction of sp³-hybridized carbons (Fsp3) is 0.192. The van der Waals surface area contributed by atoms with Crippen LogP contribution in [0.3, 0.4) is 0 Å². The molecule has 3 aromatic rings. The number of rotatable bonds is 4. The Hall–Kier alpha value is -3.71. The quantitative estimate of drug-likeness (QED) is 0.351.